The highest BCUT2D eigenvalue weighted by molar-refractivity contribution is 7.80. The van der Waals surface area contributed by atoms with Gasteiger partial charge in [-0.1, -0.05) is 32.0 Å². The summed E-state index contributed by atoms with van der Waals surface area (Å²) < 4.78 is 4.99. The molecule has 0 saturated carbocycles. The topological polar surface area (TPSA) is 50.4 Å². The van der Waals surface area contributed by atoms with Gasteiger partial charge >= 0.3 is 6.09 Å². The van der Waals surface area contributed by atoms with E-state index in [1.54, 1.807) is 0 Å². The molecule has 1 rings (SSSR count). The highest BCUT2D eigenvalue weighted by Gasteiger charge is 2.09. The van der Waals surface area contributed by atoms with Crippen LogP contribution in [0.2, 0.25) is 0 Å². The number of rotatable bonds is 3. The number of carbonyl (C=O) groups is 1. The molecule has 0 radical (unpaired) electrons. The van der Waals surface area contributed by atoms with Gasteiger partial charge < -0.3 is 10.1 Å². The van der Waals surface area contributed by atoms with Crippen molar-refractivity contribution in [3.63, 3.8) is 0 Å². The van der Waals surface area contributed by atoms with Crippen molar-refractivity contribution >= 4 is 29.1 Å². The fourth-order valence-electron chi connectivity index (χ4n) is 1.53. The first-order chi connectivity index (χ1) is 8.90. The van der Waals surface area contributed by atoms with Gasteiger partial charge in [0.25, 0.3) is 0 Å². The van der Waals surface area contributed by atoms with E-state index < -0.39 is 6.09 Å². The zero-order chi connectivity index (χ0) is 14.4. The fraction of sp³-hybridized carbons (Fsp3) is 0.429. The molecule has 0 bridgehead atoms. The van der Waals surface area contributed by atoms with Crippen LogP contribution in [0.1, 0.15) is 25.0 Å². The molecule has 2 N–H and O–H groups in total. The lowest BCUT2D eigenvalue weighted by Gasteiger charge is -2.14. The van der Waals surface area contributed by atoms with Crippen molar-refractivity contribution in [1.29, 1.82) is 0 Å². The summed E-state index contributed by atoms with van der Waals surface area (Å²) in [4.78, 5) is 11.5. The first-order valence-electron chi connectivity index (χ1n) is 6.21. The van der Waals surface area contributed by atoms with E-state index in [2.05, 4.69) is 10.6 Å². The van der Waals surface area contributed by atoms with Crippen LogP contribution >= 0.6 is 12.2 Å². The Morgan fingerprint density at radius 2 is 1.89 bits per heavy atom. The predicted octanol–water partition coefficient (Wildman–Crippen LogP) is 3.38. The normalized spacial score (nSPS) is 10.2. The molecule has 0 fully saturated rings. The van der Waals surface area contributed by atoms with Crippen molar-refractivity contribution < 1.29 is 9.53 Å². The van der Waals surface area contributed by atoms with E-state index in [0.29, 0.717) is 12.5 Å². The molecule has 0 aliphatic carbocycles. The minimum Gasteiger partial charge on any atom is -0.449 e. The molecule has 0 unspecified atom stereocenters. The number of nitrogens with one attached hydrogen (secondary N) is 2. The van der Waals surface area contributed by atoms with Crippen LogP contribution in [-0.2, 0) is 4.74 Å². The molecular weight excluding hydrogens is 260 g/mol. The zero-order valence-corrected chi connectivity index (χ0v) is 12.6. The third-order valence-corrected chi connectivity index (χ3v) is 2.69. The van der Waals surface area contributed by atoms with E-state index in [4.69, 9.17) is 17.0 Å². The third kappa shape index (κ3) is 5.26. The monoisotopic (exact) mass is 280 g/mol. The maximum Gasteiger partial charge on any atom is 0.413 e. The number of amides is 1. The Balaban J connectivity index is 2.54. The lowest BCUT2D eigenvalue weighted by molar-refractivity contribution is 0.138. The van der Waals surface area contributed by atoms with Gasteiger partial charge in [0.15, 0.2) is 5.11 Å². The van der Waals surface area contributed by atoms with E-state index in [9.17, 15) is 4.79 Å². The average molecular weight is 280 g/mol. The molecule has 104 valence electrons. The van der Waals surface area contributed by atoms with Gasteiger partial charge in [0, 0.05) is 5.69 Å². The molecule has 4 nitrogen and oxygen atoms in total. The van der Waals surface area contributed by atoms with Crippen LogP contribution < -0.4 is 10.6 Å². The van der Waals surface area contributed by atoms with Crippen LogP contribution in [0.5, 0.6) is 0 Å². The number of ether oxygens (including phenoxy) is 1. The van der Waals surface area contributed by atoms with Crippen LogP contribution in [0.15, 0.2) is 18.2 Å². The molecule has 19 heavy (non-hydrogen) atoms. The second kappa shape index (κ2) is 7.09. The highest BCUT2D eigenvalue weighted by Crippen LogP contribution is 2.19. The molecule has 1 aromatic rings. The Morgan fingerprint density at radius 3 is 2.42 bits per heavy atom. The van der Waals surface area contributed by atoms with Crippen molar-refractivity contribution in [3.05, 3.63) is 29.3 Å². The second-order valence-corrected chi connectivity index (χ2v) is 5.25. The van der Waals surface area contributed by atoms with E-state index in [1.807, 2.05) is 45.9 Å². The smallest absolute Gasteiger partial charge is 0.413 e. The fourth-order valence-corrected chi connectivity index (χ4v) is 1.71. The summed E-state index contributed by atoms with van der Waals surface area (Å²) in [5, 5.41) is 5.76. The molecule has 0 saturated heterocycles. The molecule has 0 aliphatic heterocycles. The highest BCUT2D eigenvalue weighted by atomic mass is 32.1. The number of benzene rings is 1. The molecule has 5 heteroatoms. The van der Waals surface area contributed by atoms with E-state index in [1.165, 1.54) is 0 Å². The minimum atomic E-state index is -0.530. The van der Waals surface area contributed by atoms with Crippen molar-refractivity contribution in [2.75, 3.05) is 11.9 Å². The number of aryl methyl sites for hydroxylation is 2. The largest absolute Gasteiger partial charge is 0.449 e. The molecule has 1 amide bonds. The van der Waals surface area contributed by atoms with Gasteiger partial charge in [-0.2, -0.15) is 0 Å². The second-order valence-electron chi connectivity index (χ2n) is 4.84. The van der Waals surface area contributed by atoms with Crippen molar-refractivity contribution in [3.8, 4) is 0 Å². The molecule has 0 spiro atoms. The van der Waals surface area contributed by atoms with Crippen LogP contribution in [-0.4, -0.2) is 17.8 Å². The van der Waals surface area contributed by atoms with Crippen molar-refractivity contribution in [1.82, 2.24) is 5.32 Å². The van der Waals surface area contributed by atoms with E-state index in [0.717, 1.165) is 16.8 Å². The Bertz CT molecular complexity index is 452. The summed E-state index contributed by atoms with van der Waals surface area (Å²) in [5.41, 5.74) is 3.05. The third-order valence-electron chi connectivity index (χ3n) is 2.48. The summed E-state index contributed by atoms with van der Waals surface area (Å²) in [6, 6.07) is 5.94. The molecule has 0 aliphatic rings. The van der Waals surface area contributed by atoms with Crippen LogP contribution in [0.3, 0.4) is 0 Å². The van der Waals surface area contributed by atoms with Gasteiger partial charge in [-0.05, 0) is 43.1 Å². The number of hydrogen-bond donors (Lipinski definition) is 2. The maximum atomic E-state index is 11.5. The predicted molar refractivity (Wildman–Crippen MR) is 81.5 cm³/mol. The SMILES string of the molecule is Cc1cccc(C)c1NC(=S)NC(=O)OCC(C)C. The standard InChI is InChI=1S/C14H20N2O2S/c1-9(2)8-18-14(17)16-13(19)15-12-10(3)6-5-7-11(12)4/h5-7,9H,8H2,1-4H3,(H2,15,16,17,19). The summed E-state index contributed by atoms with van der Waals surface area (Å²) in [6.07, 6.45) is -0.530. The Kier molecular flexibility index (Phi) is 5.76. The van der Waals surface area contributed by atoms with Gasteiger partial charge in [-0.15, -0.1) is 0 Å². The van der Waals surface area contributed by atoms with Gasteiger partial charge in [0.05, 0.1) is 6.61 Å². The quantitative estimate of drug-likeness (QED) is 0.833. The summed E-state index contributed by atoms with van der Waals surface area (Å²) in [7, 11) is 0. The van der Waals surface area contributed by atoms with Crippen LogP contribution in [0, 0.1) is 19.8 Å². The van der Waals surface area contributed by atoms with Crippen LogP contribution in [0.4, 0.5) is 10.5 Å². The van der Waals surface area contributed by atoms with Crippen LogP contribution in [0.25, 0.3) is 0 Å². The number of alkyl carbamates (subject to hydrolysis) is 1. The number of anilines is 1. The van der Waals surface area contributed by atoms with Gasteiger partial charge in [-0.25, -0.2) is 4.79 Å². The maximum absolute atomic E-state index is 11.5. The number of hydrogen-bond acceptors (Lipinski definition) is 3. The van der Waals surface area contributed by atoms with E-state index in [-0.39, 0.29) is 5.11 Å². The van der Waals surface area contributed by atoms with Gasteiger partial charge in [-0.3, -0.25) is 5.32 Å². The molecule has 0 heterocycles. The number of thiocarbonyl (C=S) groups is 1. The van der Waals surface area contributed by atoms with Gasteiger partial charge in [0.1, 0.15) is 0 Å². The Morgan fingerprint density at radius 1 is 1.32 bits per heavy atom. The molecule has 0 aromatic heterocycles. The molecular formula is C14H20N2O2S. The molecule has 0 atom stereocenters. The van der Waals surface area contributed by atoms with Gasteiger partial charge in [0.2, 0.25) is 0 Å². The van der Waals surface area contributed by atoms with Crippen molar-refractivity contribution in [2.45, 2.75) is 27.7 Å². The summed E-state index contributed by atoms with van der Waals surface area (Å²) in [5.74, 6) is 0.297. The zero-order valence-electron chi connectivity index (χ0n) is 11.7. The van der Waals surface area contributed by atoms with E-state index >= 15 is 0 Å². The lowest BCUT2D eigenvalue weighted by atomic mass is 10.1. The number of para-hydroxylation sites is 1. The molecule has 1 aromatic carbocycles. The summed E-state index contributed by atoms with van der Waals surface area (Å²) in [6.45, 7) is 8.28. The average Bonchev–Trinajstić information content (AvgIpc) is 2.31. The first kappa shape index (κ1) is 15.4. The number of carbonyl (C=O) groups excluding carboxylic acids is 1. The van der Waals surface area contributed by atoms with Crippen molar-refractivity contribution in [2.24, 2.45) is 5.92 Å². The first-order valence-corrected chi connectivity index (χ1v) is 6.62. The summed E-state index contributed by atoms with van der Waals surface area (Å²) >= 11 is 5.09. The minimum absolute atomic E-state index is 0.242. The Hall–Kier alpha value is -1.62. The Labute approximate surface area is 119 Å². The lowest BCUT2D eigenvalue weighted by Crippen LogP contribution is -2.35.